The van der Waals surface area contributed by atoms with Crippen LogP contribution in [0.25, 0.3) is 0 Å². The topological polar surface area (TPSA) is 29.9 Å². The molecule has 2 unspecified atom stereocenters. The fourth-order valence-corrected chi connectivity index (χ4v) is 3.68. The summed E-state index contributed by atoms with van der Waals surface area (Å²) in [6.45, 7) is 9.01. The molecule has 1 N–H and O–H groups in total. The second-order valence-electron chi connectivity index (χ2n) is 7.32. The van der Waals surface area contributed by atoms with Gasteiger partial charge in [0, 0.05) is 12.7 Å². The molecule has 21 heavy (non-hydrogen) atoms. The molecule has 1 aliphatic carbocycles. The van der Waals surface area contributed by atoms with Crippen LogP contribution in [-0.4, -0.2) is 22.9 Å². The first-order chi connectivity index (χ1) is 10.1. The summed E-state index contributed by atoms with van der Waals surface area (Å²) in [5, 5.41) is 8.21. The number of aromatic nitrogens is 2. The fraction of sp³-hybridized carbons (Fsp3) is 0.833. The summed E-state index contributed by atoms with van der Waals surface area (Å²) >= 11 is 0. The number of nitrogens with zero attached hydrogens (tertiary/aromatic N) is 2. The Morgan fingerprint density at radius 2 is 1.95 bits per heavy atom. The van der Waals surface area contributed by atoms with Crippen molar-refractivity contribution in [1.82, 2.24) is 15.1 Å². The predicted molar refractivity (Wildman–Crippen MR) is 89.4 cm³/mol. The van der Waals surface area contributed by atoms with Gasteiger partial charge in [-0.2, -0.15) is 5.10 Å². The zero-order chi connectivity index (χ0) is 15.2. The molecule has 0 bridgehead atoms. The van der Waals surface area contributed by atoms with Crippen molar-refractivity contribution in [3.8, 4) is 0 Å². The number of aryl methyl sites for hydroxylation is 2. The lowest BCUT2D eigenvalue weighted by atomic mass is 9.84. The third-order valence-electron chi connectivity index (χ3n) is 4.85. The molecule has 1 saturated carbocycles. The normalized spacial score (nSPS) is 23.5. The van der Waals surface area contributed by atoms with Crippen LogP contribution in [0, 0.1) is 24.7 Å². The van der Waals surface area contributed by atoms with Gasteiger partial charge in [0.25, 0.3) is 0 Å². The number of hydrogen-bond acceptors (Lipinski definition) is 2. The zero-order valence-electron chi connectivity index (χ0n) is 14.4. The predicted octanol–water partition coefficient (Wildman–Crippen LogP) is 3.71. The van der Waals surface area contributed by atoms with Gasteiger partial charge >= 0.3 is 0 Å². The first kappa shape index (κ1) is 16.5. The van der Waals surface area contributed by atoms with Gasteiger partial charge in [0.05, 0.1) is 5.69 Å². The highest BCUT2D eigenvalue weighted by Crippen LogP contribution is 2.31. The summed E-state index contributed by atoms with van der Waals surface area (Å²) in [5.74, 6) is 2.40. The van der Waals surface area contributed by atoms with E-state index in [-0.39, 0.29) is 0 Å². The Labute approximate surface area is 130 Å². The van der Waals surface area contributed by atoms with Gasteiger partial charge in [0.1, 0.15) is 0 Å². The Hall–Kier alpha value is -0.830. The van der Waals surface area contributed by atoms with Gasteiger partial charge in [-0.15, -0.1) is 0 Å². The summed E-state index contributed by atoms with van der Waals surface area (Å²) < 4.78 is 2.08. The molecule has 3 nitrogen and oxygen atoms in total. The van der Waals surface area contributed by atoms with E-state index in [4.69, 9.17) is 0 Å². The van der Waals surface area contributed by atoms with Crippen molar-refractivity contribution in [3.05, 3.63) is 17.5 Å². The minimum absolute atomic E-state index is 0.744. The Kier molecular flexibility index (Phi) is 6.28. The third-order valence-corrected chi connectivity index (χ3v) is 4.85. The first-order valence-corrected chi connectivity index (χ1v) is 8.76. The van der Waals surface area contributed by atoms with Crippen LogP contribution >= 0.6 is 0 Å². The van der Waals surface area contributed by atoms with Gasteiger partial charge in [0.15, 0.2) is 0 Å². The monoisotopic (exact) mass is 291 g/mol. The molecule has 2 atom stereocenters. The lowest BCUT2D eigenvalue weighted by Crippen LogP contribution is -2.31. The second kappa shape index (κ2) is 7.98. The SMILES string of the molecule is Cc1cc(CC2CCCCCC2CNCC(C)C)n(C)n1. The summed E-state index contributed by atoms with van der Waals surface area (Å²) in [6.07, 6.45) is 8.22. The molecule has 0 amide bonds. The Balaban J connectivity index is 1.96. The van der Waals surface area contributed by atoms with Crippen molar-refractivity contribution in [2.75, 3.05) is 13.1 Å². The molecule has 1 aliphatic rings. The average molecular weight is 291 g/mol. The second-order valence-corrected chi connectivity index (χ2v) is 7.32. The molecule has 0 saturated heterocycles. The van der Waals surface area contributed by atoms with Crippen molar-refractivity contribution < 1.29 is 0 Å². The van der Waals surface area contributed by atoms with Crippen LogP contribution in [0.2, 0.25) is 0 Å². The molecule has 3 heteroatoms. The van der Waals surface area contributed by atoms with Crippen LogP contribution in [-0.2, 0) is 13.5 Å². The van der Waals surface area contributed by atoms with Gasteiger partial charge < -0.3 is 5.32 Å². The molecule has 0 spiro atoms. The molecule has 1 aromatic heterocycles. The van der Waals surface area contributed by atoms with Crippen molar-refractivity contribution in [2.45, 2.75) is 59.3 Å². The smallest absolute Gasteiger partial charge is 0.0596 e. The maximum Gasteiger partial charge on any atom is 0.0596 e. The Morgan fingerprint density at radius 1 is 1.24 bits per heavy atom. The highest BCUT2D eigenvalue weighted by atomic mass is 15.3. The molecule has 120 valence electrons. The summed E-state index contributed by atoms with van der Waals surface area (Å²) in [5.41, 5.74) is 2.56. The molecular formula is C18H33N3. The van der Waals surface area contributed by atoms with Crippen LogP contribution in [0.5, 0.6) is 0 Å². The Bertz CT molecular complexity index is 422. The molecule has 2 rings (SSSR count). The molecule has 0 aliphatic heterocycles. The van der Waals surface area contributed by atoms with Crippen LogP contribution < -0.4 is 5.32 Å². The molecule has 1 heterocycles. The number of rotatable bonds is 6. The number of nitrogens with one attached hydrogen (secondary N) is 1. The van der Waals surface area contributed by atoms with E-state index in [0.29, 0.717) is 0 Å². The standard InChI is InChI=1S/C18H33N3/c1-14(2)12-19-13-17-9-7-5-6-8-16(17)11-18-10-15(3)20-21(18)4/h10,14,16-17,19H,5-9,11-13H2,1-4H3. The summed E-state index contributed by atoms with van der Waals surface area (Å²) in [6, 6.07) is 2.27. The average Bonchev–Trinajstić information content (AvgIpc) is 2.61. The Morgan fingerprint density at radius 3 is 2.57 bits per heavy atom. The lowest BCUT2D eigenvalue weighted by molar-refractivity contribution is 0.290. The highest BCUT2D eigenvalue weighted by molar-refractivity contribution is 5.09. The van der Waals surface area contributed by atoms with Crippen LogP contribution in [0.4, 0.5) is 0 Å². The number of hydrogen-bond donors (Lipinski definition) is 1. The van der Waals surface area contributed by atoms with Crippen molar-refractivity contribution in [3.63, 3.8) is 0 Å². The fourth-order valence-electron chi connectivity index (χ4n) is 3.68. The highest BCUT2D eigenvalue weighted by Gasteiger charge is 2.24. The van der Waals surface area contributed by atoms with E-state index in [2.05, 4.69) is 49.0 Å². The van der Waals surface area contributed by atoms with Crippen LogP contribution in [0.15, 0.2) is 6.07 Å². The molecule has 1 fully saturated rings. The van der Waals surface area contributed by atoms with Crippen molar-refractivity contribution >= 4 is 0 Å². The maximum absolute atomic E-state index is 4.51. The van der Waals surface area contributed by atoms with E-state index in [1.807, 2.05) is 0 Å². The minimum atomic E-state index is 0.744. The van der Waals surface area contributed by atoms with Crippen LogP contribution in [0.1, 0.15) is 57.3 Å². The van der Waals surface area contributed by atoms with E-state index in [1.165, 1.54) is 50.8 Å². The minimum Gasteiger partial charge on any atom is -0.316 e. The van der Waals surface area contributed by atoms with Gasteiger partial charge in [-0.05, 0) is 63.1 Å². The van der Waals surface area contributed by atoms with E-state index in [1.54, 1.807) is 0 Å². The van der Waals surface area contributed by atoms with Gasteiger partial charge in [-0.3, -0.25) is 4.68 Å². The molecule has 0 aromatic carbocycles. The van der Waals surface area contributed by atoms with E-state index in [0.717, 1.165) is 30.0 Å². The van der Waals surface area contributed by atoms with Crippen LogP contribution in [0.3, 0.4) is 0 Å². The van der Waals surface area contributed by atoms with Gasteiger partial charge in [-0.25, -0.2) is 0 Å². The molecular weight excluding hydrogens is 258 g/mol. The van der Waals surface area contributed by atoms with Gasteiger partial charge in [0.2, 0.25) is 0 Å². The quantitative estimate of drug-likeness (QED) is 0.810. The van der Waals surface area contributed by atoms with Crippen molar-refractivity contribution in [1.29, 1.82) is 0 Å². The third kappa shape index (κ3) is 5.14. The van der Waals surface area contributed by atoms with Gasteiger partial charge in [-0.1, -0.05) is 33.1 Å². The van der Waals surface area contributed by atoms with E-state index in [9.17, 15) is 0 Å². The largest absolute Gasteiger partial charge is 0.316 e. The maximum atomic E-state index is 4.51. The lowest BCUT2D eigenvalue weighted by Gasteiger charge is -2.26. The van der Waals surface area contributed by atoms with E-state index < -0.39 is 0 Å². The van der Waals surface area contributed by atoms with Crippen molar-refractivity contribution in [2.24, 2.45) is 24.8 Å². The zero-order valence-corrected chi connectivity index (χ0v) is 14.4. The summed E-state index contributed by atoms with van der Waals surface area (Å²) in [7, 11) is 2.09. The molecule has 0 radical (unpaired) electrons. The molecule has 1 aromatic rings. The summed E-state index contributed by atoms with van der Waals surface area (Å²) in [4.78, 5) is 0. The van der Waals surface area contributed by atoms with E-state index >= 15 is 0 Å². The first-order valence-electron chi connectivity index (χ1n) is 8.76.